The summed E-state index contributed by atoms with van der Waals surface area (Å²) in [4.78, 5) is 0. The molecule has 0 spiro atoms. The molecule has 2 aliphatic rings. The molecule has 1 fully saturated rings. The van der Waals surface area contributed by atoms with Gasteiger partial charge in [0.05, 0.1) is 12.8 Å². The fourth-order valence-corrected chi connectivity index (χ4v) is 2.84. The molecule has 1 aliphatic heterocycles. The summed E-state index contributed by atoms with van der Waals surface area (Å²) >= 11 is 6.22. The molecule has 1 atom stereocenters. The SMILES string of the molecule is COc1ccc(Cl)c2c1NC(C1CC1)CC2. The summed E-state index contributed by atoms with van der Waals surface area (Å²) in [5.41, 5.74) is 2.34. The molecule has 0 saturated heterocycles. The van der Waals surface area contributed by atoms with Crippen LogP contribution in [0.3, 0.4) is 0 Å². The lowest BCUT2D eigenvalue weighted by Crippen LogP contribution is -2.27. The quantitative estimate of drug-likeness (QED) is 0.850. The molecule has 0 aromatic heterocycles. The Balaban J connectivity index is 1.96. The van der Waals surface area contributed by atoms with Gasteiger partial charge < -0.3 is 10.1 Å². The number of fused-ring (bicyclic) bond motifs is 1. The van der Waals surface area contributed by atoms with Crippen LogP contribution in [0.25, 0.3) is 0 Å². The third-order valence-corrected chi connectivity index (χ3v) is 4.02. The normalized spacial score (nSPS) is 23.5. The van der Waals surface area contributed by atoms with E-state index < -0.39 is 0 Å². The zero-order valence-electron chi connectivity index (χ0n) is 9.42. The first-order valence-corrected chi connectivity index (χ1v) is 6.29. The molecule has 1 unspecified atom stereocenters. The number of benzene rings is 1. The summed E-state index contributed by atoms with van der Waals surface area (Å²) in [6, 6.07) is 4.50. The van der Waals surface area contributed by atoms with Gasteiger partial charge in [0.1, 0.15) is 5.75 Å². The average molecular weight is 238 g/mol. The molecule has 1 heterocycles. The minimum Gasteiger partial charge on any atom is -0.495 e. The maximum Gasteiger partial charge on any atom is 0.142 e. The smallest absolute Gasteiger partial charge is 0.142 e. The summed E-state index contributed by atoms with van der Waals surface area (Å²) in [5.74, 6) is 1.79. The van der Waals surface area contributed by atoms with Crippen molar-refractivity contribution in [3.63, 3.8) is 0 Å². The standard InChI is InChI=1S/C13H16ClNO/c1-16-12-7-5-10(14)9-4-6-11(8-2-3-8)15-13(9)12/h5,7-8,11,15H,2-4,6H2,1H3. The van der Waals surface area contributed by atoms with Crippen molar-refractivity contribution in [3.8, 4) is 5.75 Å². The Labute approximate surface area is 101 Å². The zero-order chi connectivity index (χ0) is 11.1. The van der Waals surface area contributed by atoms with Crippen molar-refractivity contribution in [3.05, 3.63) is 22.7 Å². The van der Waals surface area contributed by atoms with Gasteiger partial charge in [-0.1, -0.05) is 11.6 Å². The number of rotatable bonds is 2. The first-order valence-electron chi connectivity index (χ1n) is 5.91. The van der Waals surface area contributed by atoms with Gasteiger partial charge in [-0.15, -0.1) is 0 Å². The molecule has 2 nitrogen and oxygen atoms in total. The van der Waals surface area contributed by atoms with Crippen LogP contribution in [0.2, 0.25) is 5.02 Å². The Hall–Kier alpha value is -0.890. The molecule has 1 aromatic rings. The van der Waals surface area contributed by atoms with Gasteiger partial charge in [0.25, 0.3) is 0 Å². The van der Waals surface area contributed by atoms with Gasteiger partial charge in [-0.2, -0.15) is 0 Å². The van der Waals surface area contributed by atoms with Crippen LogP contribution >= 0.6 is 11.6 Å². The second-order valence-corrected chi connectivity index (χ2v) is 5.14. The zero-order valence-corrected chi connectivity index (χ0v) is 10.2. The van der Waals surface area contributed by atoms with Gasteiger partial charge in [0, 0.05) is 11.1 Å². The number of methoxy groups -OCH3 is 1. The molecular formula is C13H16ClNO. The number of hydrogen-bond acceptors (Lipinski definition) is 2. The van der Waals surface area contributed by atoms with E-state index in [1.165, 1.54) is 24.8 Å². The van der Waals surface area contributed by atoms with Crippen molar-refractivity contribution in [2.24, 2.45) is 5.92 Å². The third-order valence-electron chi connectivity index (χ3n) is 3.66. The largest absolute Gasteiger partial charge is 0.495 e. The molecule has 1 aromatic carbocycles. The van der Waals surface area contributed by atoms with Gasteiger partial charge >= 0.3 is 0 Å². The fraction of sp³-hybridized carbons (Fsp3) is 0.538. The monoisotopic (exact) mass is 237 g/mol. The molecule has 3 heteroatoms. The Morgan fingerprint density at radius 1 is 1.31 bits per heavy atom. The van der Waals surface area contributed by atoms with Crippen molar-refractivity contribution in [2.45, 2.75) is 31.7 Å². The summed E-state index contributed by atoms with van der Waals surface area (Å²) < 4.78 is 5.39. The molecule has 1 saturated carbocycles. The first kappa shape index (κ1) is 10.3. The van der Waals surface area contributed by atoms with Crippen LogP contribution in [0.4, 0.5) is 5.69 Å². The number of ether oxygens (including phenoxy) is 1. The highest BCUT2D eigenvalue weighted by Crippen LogP contribution is 2.43. The molecule has 1 aliphatic carbocycles. The molecular weight excluding hydrogens is 222 g/mol. The molecule has 0 bridgehead atoms. The Morgan fingerprint density at radius 3 is 2.81 bits per heavy atom. The van der Waals surface area contributed by atoms with Gasteiger partial charge in [0.2, 0.25) is 0 Å². The van der Waals surface area contributed by atoms with Gasteiger partial charge in [-0.25, -0.2) is 0 Å². The Kier molecular flexibility index (Phi) is 2.47. The molecule has 0 amide bonds. The lowest BCUT2D eigenvalue weighted by molar-refractivity contribution is 0.413. The van der Waals surface area contributed by atoms with Crippen LogP contribution in [0.1, 0.15) is 24.8 Å². The molecule has 16 heavy (non-hydrogen) atoms. The number of halogens is 1. The highest BCUT2D eigenvalue weighted by molar-refractivity contribution is 6.31. The molecule has 0 radical (unpaired) electrons. The summed E-state index contributed by atoms with van der Waals surface area (Å²) in [6.07, 6.45) is 5.01. The predicted octanol–water partition coefficient (Wildman–Crippen LogP) is 3.49. The van der Waals surface area contributed by atoms with Crippen molar-refractivity contribution >= 4 is 17.3 Å². The molecule has 86 valence electrons. The first-order chi connectivity index (χ1) is 7.79. The Morgan fingerprint density at radius 2 is 2.12 bits per heavy atom. The van der Waals surface area contributed by atoms with Crippen LogP contribution in [-0.4, -0.2) is 13.2 Å². The van der Waals surface area contributed by atoms with E-state index in [2.05, 4.69) is 5.32 Å². The lowest BCUT2D eigenvalue weighted by Gasteiger charge is -2.29. The van der Waals surface area contributed by atoms with E-state index in [-0.39, 0.29) is 0 Å². The highest BCUT2D eigenvalue weighted by Gasteiger charge is 2.34. The second-order valence-electron chi connectivity index (χ2n) is 4.73. The highest BCUT2D eigenvalue weighted by atomic mass is 35.5. The van der Waals surface area contributed by atoms with E-state index in [9.17, 15) is 0 Å². The van der Waals surface area contributed by atoms with Crippen molar-refractivity contribution in [1.82, 2.24) is 0 Å². The minimum absolute atomic E-state index is 0.625. The maximum atomic E-state index is 6.22. The third kappa shape index (κ3) is 1.65. The van der Waals surface area contributed by atoms with E-state index in [0.717, 1.165) is 28.8 Å². The van der Waals surface area contributed by atoms with Crippen LogP contribution in [-0.2, 0) is 6.42 Å². The average Bonchev–Trinajstić information content (AvgIpc) is 3.13. The topological polar surface area (TPSA) is 21.3 Å². The van der Waals surface area contributed by atoms with E-state index in [0.29, 0.717) is 6.04 Å². The Bertz CT molecular complexity index is 415. The number of anilines is 1. The van der Waals surface area contributed by atoms with Crippen LogP contribution in [0.15, 0.2) is 12.1 Å². The van der Waals surface area contributed by atoms with E-state index in [1.807, 2.05) is 12.1 Å². The molecule has 1 N–H and O–H groups in total. The van der Waals surface area contributed by atoms with Crippen LogP contribution in [0.5, 0.6) is 5.75 Å². The van der Waals surface area contributed by atoms with Crippen molar-refractivity contribution < 1.29 is 4.74 Å². The van der Waals surface area contributed by atoms with E-state index in [4.69, 9.17) is 16.3 Å². The summed E-state index contributed by atoms with van der Waals surface area (Å²) in [6.45, 7) is 0. The van der Waals surface area contributed by atoms with Gasteiger partial charge in [-0.05, 0) is 49.3 Å². The predicted molar refractivity (Wildman–Crippen MR) is 66.5 cm³/mol. The van der Waals surface area contributed by atoms with Crippen molar-refractivity contribution in [2.75, 3.05) is 12.4 Å². The van der Waals surface area contributed by atoms with Gasteiger partial charge in [0.15, 0.2) is 0 Å². The van der Waals surface area contributed by atoms with Crippen LogP contribution < -0.4 is 10.1 Å². The van der Waals surface area contributed by atoms with E-state index >= 15 is 0 Å². The number of hydrogen-bond donors (Lipinski definition) is 1. The summed E-state index contributed by atoms with van der Waals surface area (Å²) in [7, 11) is 1.71. The fourth-order valence-electron chi connectivity index (χ4n) is 2.58. The summed E-state index contributed by atoms with van der Waals surface area (Å²) in [5, 5.41) is 4.47. The van der Waals surface area contributed by atoms with Crippen LogP contribution in [0, 0.1) is 5.92 Å². The van der Waals surface area contributed by atoms with E-state index in [1.54, 1.807) is 7.11 Å². The van der Waals surface area contributed by atoms with Crippen molar-refractivity contribution in [1.29, 1.82) is 0 Å². The lowest BCUT2D eigenvalue weighted by atomic mass is 9.95. The van der Waals surface area contributed by atoms with Gasteiger partial charge in [-0.3, -0.25) is 0 Å². The minimum atomic E-state index is 0.625. The number of nitrogens with one attached hydrogen (secondary N) is 1. The maximum absolute atomic E-state index is 6.22. The second kappa shape index (κ2) is 3.85. The molecule has 3 rings (SSSR count).